The summed E-state index contributed by atoms with van der Waals surface area (Å²) < 4.78 is 4.86. The molecule has 10 aliphatic rings. The van der Waals surface area contributed by atoms with Crippen LogP contribution in [0.2, 0.25) is 0 Å². The molecule has 18 aromatic rings. The fraction of sp³-hybridized carbons (Fsp3) is 0.242. The van der Waals surface area contributed by atoms with Gasteiger partial charge in [-0.1, -0.05) is 234 Å². The van der Waals surface area contributed by atoms with E-state index in [0.717, 1.165) is 82.7 Å². The fourth-order valence-corrected chi connectivity index (χ4v) is 28.0. The van der Waals surface area contributed by atoms with Crippen LogP contribution in [0, 0.1) is 23.7 Å². The molecule has 0 saturated heterocycles. The lowest BCUT2D eigenvalue weighted by molar-refractivity contribution is -0.0282. The fourth-order valence-electron chi connectivity index (χ4n) is 28.0. The third-order valence-corrected chi connectivity index (χ3v) is 34.0. The Morgan fingerprint density at radius 2 is 0.551 bits per heavy atom. The maximum absolute atomic E-state index is 4.03. The molecule has 6 nitrogen and oxygen atoms in total. The van der Waals surface area contributed by atoms with Gasteiger partial charge in [-0.3, -0.25) is 0 Å². The summed E-state index contributed by atoms with van der Waals surface area (Å²) in [6.45, 7) is 12.6. The van der Waals surface area contributed by atoms with Crippen LogP contribution in [0.25, 0.3) is 67.1 Å². The Kier molecular flexibility index (Phi) is 21.7. The normalized spacial score (nSPS) is 21.0. The summed E-state index contributed by atoms with van der Waals surface area (Å²) in [6.07, 6.45) is 31.6. The zero-order chi connectivity index (χ0) is 92.2. The lowest BCUT2D eigenvalue weighted by Gasteiger charge is -2.63. The predicted octanol–water partition coefficient (Wildman–Crippen LogP) is 35.2. The third-order valence-electron chi connectivity index (χ3n) is 34.0. The first-order valence-corrected chi connectivity index (χ1v) is 51.6. The van der Waals surface area contributed by atoms with E-state index in [1.807, 2.05) is 12.2 Å². The van der Waals surface area contributed by atoms with Gasteiger partial charge in [0.05, 0.1) is 22.1 Å². The second-order valence-corrected chi connectivity index (χ2v) is 42.4. The molecule has 16 aromatic carbocycles. The van der Waals surface area contributed by atoms with Gasteiger partial charge in [0.15, 0.2) is 0 Å². The highest BCUT2D eigenvalue weighted by atomic mass is 15.2. The second kappa shape index (κ2) is 35.1. The summed E-state index contributed by atoms with van der Waals surface area (Å²) in [4.78, 5) is 9.81. The molecule has 2 aromatic heterocycles. The maximum atomic E-state index is 4.03. The van der Waals surface area contributed by atoms with Gasteiger partial charge < -0.3 is 28.7 Å². The van der Waals surface area contributed by atoms with Crippen molar-refractivity contribution in [2.45, 2.75) is 177 Å². The third kappa shape index (κ3) is 15.2. The van der Waals surface area contributed by atoms with E-state index in [0.29, 0.717) is 0 Å². The van der Waals surface area contributed by atoms with E-state index >= 15 is 0 Å². The lowest BCUT2D eigenvalue weighted by Crippen LogP contribution is -2.55. The summed E-state index contributed by atoms with van der Waals surface area (Å²) in [6, 6.07) is 143. The highest BCUT2D eigenvalue weighted by Gasteiger charge is 2.60. The van der Waals surface area contributed by atoms with Crippen LogP contribution in [0.15, 0.2) is 389 Å². The van der Waals surface area contributed by atoms with E-state index in [9.17, 15) is 0 Å². The van der Waals surface area contributed by atoms with Gasteiger partial charge in [-0.05, 0) is 435 Å². The second-order valence-electron chi connectivity index (χ2n) is 42.4. The molecule has 6 heteroatoms. The molecule has 0 aliphatic heterocycles. The first kappa shape index (κ1) is 85.5. The molecule has 8 saturated carbocycles. The SMILES string of the molecule is C=Cc1ccc(C23CC4CC(C2)CC(c2ccc(N(c5ccc(CCCC)cc5)c5ccc(N(c6ccc7c(c6)CC7)c6ccc7c(c6)c6ccccc6n7-c6ccccc6)cc5)cc2)(C4)C3)cc1.C=Cc1ccc(C23CC4CC(C2)CC(c2ccc(N(c5ccc(CCCC)cc5)c5ccc(N(c6ccccc6)c6ccc7c(c6)c6ccccc6n7-c6ccc7c(c6)CC7)cc5)cc2)(C4)C3)cc1. The molecule has 8 fully saturated rings. The topological polar surface area (TPSA) is 22.8 Å². The molecule has 680 valence electrons. The van der Waals surface area contributed by atoms with Gasteiger partial charge in [0, 0.05) is 101 Å². The Bertz CT molecular complexity index is 7560. The largest absolute Gasteiger partial charge is 0.311 e. The van der Waals surface area contributed by atoms with E-state index in [-0.39, 0.29) is 21.7 Å². The Morgan fingerprint density at radius 1 is 0.261 bits per heavy atom. The maximum Gasteiger partial charge on any atom is 0.0542 e. The molecular weight excluding hydrogens is 1670 g/mol. The summed E-state index contributed by atoms with van der Waals surface area (Å²) in [7, 11) is 0. The molecule has 28 rings (SSSR count). The lowest BCUT2D eigenvalue weighted by atomic mass is 9.41. The Balaban J connectivity index is 0.000000146. The van der Waals surface area contributed by atoms with Crippen LogP contribution in [0.5, 0.6) is 0 Å². The molecule has 0 N–H and O–H groups in total. The predicted molar refractivity (Wildman–Crippen MR) is 581 cm³/mol. The first-order chi connectivity index (χ1) is 67.9. The average Bonchev–Trinajstić information content (AvgIpc) is 1.03. The number of para-hydroxylation sites is 4. The minimum Gasteiger partial charge on any atom is -0.311 e. The van der Waals surface area contributed by atoms with Crippen LogP contribution in [0.3, 0.4) is 0 Å². The number of unbranched alkanes of at least 4 members (excludes halogenated alkanes) is 2. The molecule has 0 amide bonds. The van der Waals surface area contributed by atoms with Gasteiger partial charge in [-0.2, -0.15) is 0 Å². The number of aryl methyl sites for hydroxylation is 6. The number of anilines is 12. The van der Waals surface area contributed by atoms with Crippen molar-refractivity contribution in [3.63, 3.8) is 0 Å². The van der Waals surface area contributed by atoms with Gasteiger partial charge in [-0.25, -0.2) is 0 Å². The molecule has 0 radical (unpaired) electrons. The Hall–Kier alpha value is -14.2. The van der Waals surface area contributed by atoms with E-state index < -0.39 is 0 Å². The molecule has 4 atom stereocenters. The highest BCUT2D eigenvalue weighted by Crippen LogP contribution is 2.69. The van der Waals surface area contributed by atoms with Crippen molar-refractivity contribution >= 4 is 124 Å². The van der Waals surface area contributed by atoms with Crippen molar-refractivity contribution in [2.75, 3.05) is 19.6 Å². The number of aromatic nitrogens is 2. The quantitative estimate of drug-likeness (QED) is 0.0539. The van der Waals surface area contributed by atoms with Gasteiger partial charge in [0.25, 0.3) is 0 Å². The molecule has 8 bridgehead atoms. The van der Waals surface area contributed by atoms with Crippen LogP contribution < -0.4 is 19.6 Å². The minimum atomic E-state index is 0.230. The van der Waals surface area contributed by atoms with Crippen LogP contribution in [-0.4, -0.2) is 9.13 Å². The molecule has 10 aliphatic carbocycles. The van der Waals surface area contributed by atoms with Crippen molar-refractivity contribution in [1.82, 2.24) is 9.13 Å². The summed E-state index contributed by atoms with van der Waals surface area (Å²) in [5.74, 6) is 3.20. The van der Waals surface area contributed by atoms with Crippen LogP contribution in [0.4, 0.5) is 68.2 Å². The van der Waals surface area contributed by atoms with Crippen molar-refractivity contribution in [2.24, 2.45) is 23.7 Å². The standard InChI is InChI=1S/2C66H61N3/c1-3-5-11-47-18-27-55(28-19-47)67(56-30-25-53(26-31-56)66-43-48-38-49(44-66)42-65(41-48,45-66)52-23-16-46(4-2)17-24-52)57-32-34-58(35-33-57)68(59-29-22-50-20-21-51(50)39-59)60-36-37-64-62(40-60)61-14-9-10-15-63(61)69(64)54-12-7-6-8-13-54;1-3-5-11-47-18-27-55(28-19-47)67(56-30-25-53(26-31-56)66-43-48-38-49(44-66)42-65(41-48,45-66)52-23-16-46(4-2)17-24-52)57-32-34-58(35-33-57)68(54-12-7-6-8-13-54)60-36-37-64-62(40-60)61-14-9-10-15-63(61)69(64)59-29-22-50-20-21-51(50)39-59/h2*4,6-10,12-19,22-37,39-40,48-49H,2-3,5,11,20-21,38,41-45H2,1H3. The number of rotatable bonds is 26. The van der Waals surface area contributed by atoms with Crippen molar-refractivity contribution in [1.29, 1.82) is 0 Å². The summed E-state index contributed by atoms with van der Waals surface area (Å²) >= 11 is 0. The monoisotopic (exact) mass is 1790 g/mol. The smallest absolute Gasteiger partial charge is 0.0542 e. The molecular formula is C132H122N6. The van der Waals surface area contributed by atoms with E-state index in [4.69, 9.17) is 0 Å². The number of hydrogen-bond acceptors (Lipinski definition) is 4. The van der Waals surface area contributed by atoms with Gasteiger partial charge in [-0.15, -0.1) is 0 Å². The van der Waals surface area contributed by atoms with Gasteiger partial charge >= 0.3 is 0 Å². The molecule has 0 spiro atoms. The molecule has 138 heavy (non-hydrogen) atoms. The number of benzene rings is 16. The number of hydrogen-bond donors (Lipinski definition) is 0. The number of nitrogens with zero attached hydrogens (tertiary/aromatic N) is 6. The van der Waals surface area contributed by atoms with Crippen molar-refractivity contribution in [3.8, 4) is 11.4 Å². The summed E-state index contributed by atoms with van der Waals surface area (Å²) in [5, 5.41) is 5.03. The van der Waals surface area contributed by atoms with Gasteiger partial charge in [0.2, 0.25) is 0 Å². The molecule has 4 unspecified atom stereocenters. The van der Waals surface area contributed by atoms with Crippen molar-refractivity contribution < 1.29 is 0 Å². The highest BCUT2D eigenvalue weighted by molar-refractivity contribution is 6.12. The van der Waals surface area contributed by atoms with Crippen molar-refractivity contribution in [3.05, 3.63) is 456 Å². The molecule has 2 heterocycles. The minimum absolute atomic E-state index is 0.230. The zero-order valence-corrected chi connectivity index (χ0v) is 79.9. The van der Waals surface area contributed by atoms with E-state index in [1.165, 1.54) is 261 Å². The zero-order valence-electron chi connectivity index (χ0n) is 79.9. The summed E-state index contributed by atoms with van der Waals surface area (Å²) in [5.41, 5.74) is 39.6. The van der Waals surface area contributed by atoms with E-state index in [2.05, 4.69) is 432 Å². The van der Waals surface area contributed by atoms with E-state index in [1.54, 1.807) is 11.1 Å². The Morgan fingerprint density at radius 3 is 0.920 bits per heavy atom. The first-order valence-electron chi connectivity index (χ1n) is 51.6. The van der Waals surface area contributed by atoms with Gasteiger partial charge in [0.1, 0.15) is 0 Å². The average molecular weight is 1790 g/mol. The Labute approximate surface area is 814 Å². The number of fused-ring (bicyclic) bond motifs is 8. The van der Waals surface area contributed by atoms with Crippen LogP contribution in [0.1, 0.15) is 183 Å². The van der Waals surface area contributed by atoms with Crippen LogP contribution >= 0.6 is 0 Å². The van der Waals surface area contributed by atoms with Crippen LogP contribution in [-0.2, 0) is 60.2 Å².